The van der Waals surface area contributed by atoms with Gasteiger partial charge in [0.05, 0.1) is 10.6 Å². The zero-order valence-corrected chi connectivity index (χ0v) is 10.9. The molecule has 2 N–H and O–H groups in total. The summed E-state index contributed by atoms with van der Waals surface area (Å²) in [5, 5.41) is 2.61. The van der Waals surface area contributed by atoms with Gasteiger partial charge in [-0.15, -0.1) is 0 Å². The summed E-state index contributed by atoms with van der Waals surface area (Å²) in [6.07, 6.45) is -0.575. The third-order valence-electron chi connectivity index (χ3n) is 2.53. The lowest BCUT2D eigenvalue weighted by Crippen LogP contribution is -2.34. The molecule has 1 aliphatic heterocycles. The second-order valence-corrected chi connectivity index (χ2v) is 5.68. The molecule has 1 heterocycles. The topological polar surface area (TPSA) is 84.5 Å². The van der Waals surface area contributed by atoms with E-state index in [0.717, 1.165) is 0 Å². The highest BCUT2D eigenvalue weighted by molar-refractivity contribution is 7.89. The number of carbonyl (C=O) groups excluding carboxylic acids is 1. The maximum Gasteiger partial charge on any atom is 0.265 e. The van der Waals surface area contributed by atoms with E-state index in [0.29, 0.717) is 18.0 Å². The summed E-state index contributed by atoms with van der Waals surface area (Å²) in [6.45, 7) is 3.63. The van der Waals surface area contributed by atoms with E-state index in [2.05, 4.69) is 10.0 Å². The molecule has 6 nitrogen and oxygen atoms in total. The van der Waals surface area contributed by atoms with Crippen LogP contribution in [0.2, 0.25) is 0 Å². The summed E-state index contributed by atoms with van der Waals surface area (Å²) in [5.74, 6) is 0.179. The van der Waals surface area contributed by atoms with Gasteiger partial charge in [-0.25, -0.2) is 13.1 Å². The number of hydrogen-bond donors (Lipinski definition) is 2. The van der Waals surface area contributed by atoms with Gasteiger partial charge in [0, 0.05) is 6.54 Å². The Morgan fingerprint density at radius 1 is 1.44 bits per heavy atom. The first-order valence-corrected chi connectivity index (χ1v) is 7.03. The number of fused-ring (bicyclic) bond motifs is 1. The molecule has 1 aromatic rings. The van der Waals surface area contributed by atoms with Gasteiger partial charge >= 0.3 is 0 Å². The average Bonchev–Trinajstić information content (AvgIpc) is 2.30. The van der Waals surface area contributed by atoms with Crippen LogP contribution in [0.25, 0.3) is 0 Å². The van der Waals surface area contributed by atoms with E-state index >= 15 is 0 Å². The molecule has 7 heteroatoms. The Labute approximate surface area is 105 Å². The molecule has 0 aliphatic carbocycles. The molecule has 1 atom stereocenters. The molecule has 18 heavy (non-hydrogen) atoms. The van der Waals surface area contributed by atoms with Crippen molar-refractivity contribution >= 4 is 21.6 Å². The van der Waals surface area contributed by atoms with Crippen LogP contribution in [-0.4, -0.2) is 27.0 Å². The van der Waals surface area contributed by atoms with E-state index < -0.39 is 16.1 Å². The number of nitrogens with one attached hydrogen (secondary N) is 2. The minimum atomic E-state index is -3.53. The zero-order chi connectivity index (χ0) is 13.3. The molecular weight excluding hydrogens is 256 g/mol. The molecular formula is C11H14N2O4S. The van der Waals surface area contributed by atoms with E-state index in [1.807, 2.05) is 0 Å². The number of carbonyl (C=O) groups is 1. The van der Waals surface area contributed by atoms with Gasteiger partial charge in [-0.1, -0.05) is 6.92 Å². The maximum absolute atomic E-state index is 11.8. The molecule has 0 radical (unpaired) electrons. The minimum absolute atomic E-state index is 0.0987. The van der Waals surface area contributed by atoms with Crippen LogP contribution < -0.4 is 14.8 Å². The lowest BCUT2D eigenvalue weighted by Gasteiger charge is -2.23. The molecule has 0 saturated carbocycles. The van der Waals surface area contributed by atoms with Gasteiger partial charge in [-0.3, -0.25) is 4.79 Å². The summed E-state index contributed by atoms with van der Waals surface area (Å²) in [4.78, 5) is 11.5. The molecule has 0 spiro atoms. The first kappa shape index (κ1) is 12.8. The number of sulfonamides is 1. The molecule has 98 valence electrons. The number of amides is 1. The summed E-state index contributed by atoms with van der Waals surface area (Å²) in [6, 6.07) is 4.37. The van der Waals surface area contributed by atoms with Crippen molar-refractivity contribution in [3.8, 4) is 5.75 Å². The Bertz CT molecular complexity index is 583. The van der Waals surface area contributed by atoms with Crippen LogP contribution in [-0.2, 0) is 14.8 Å². The Balaban J connectivity index is 2.39. The second kappa shape index (κ2) is 4.58. The fourth-order valence-electron chi connectivity index (χ4n) is 1.63. The molecule has 0 aromatic heterocycles. The van der Waals surface area contributed by atoms with Gasteiger partial charge in [0.1, 0.15) is 5.75 Å². The van der Waals surface area contributed by atoms with Crippen LogP contribution in [0.15, 0.2) is 23.1 Å². The van der Waals surface area contributed by atoms with E-state index in [-0.39, 0.29) is 10.8 Å². The second-order valence-electron chi connectivity index (χ2n) is 3.91. The van der Waals surface area contributed by atoms with Crippen molar-refractivity contribution in [3.63, 3.8) is 0 Å². The van der Waals surface area contributed by atoms with Gasteiger partial charge in [0.15, 0.2) is 6.10 Å². The normalized spacial score (nSPS) is 18.8. The number of rotatable bonds is 3. The lowest BCUT2D eigenvalue weighted by atomic mass is 10.2. The number of benzene rings is 1. The van der Waals surface area contributed by atoms with E-state index in [9.17, 15) is 13.2 Å². The SMILES string of the molecule is CCNS(=O)(=O)c1ccc2c(c1)NC(=O)[C@@H](C)O2. The fourth-order valence-corrected chi connectivity index (χ4v) is 2.70. The monoisotopic (exact) mass is 270 g/mol. The van der Waals surface area contributed by atoms with Crippen LogP contribution in [0.5, 0.6) is 5.75 Å². The largest absolute Gasteiger partial charge is 0.479 e. The van der Waals surface area contributed by atoms with Gasteiger partial charge in [0.2, 0.25) is 10.0 Å². The molecule has 1 aromatic carbocycles. The van der Waals surface area contributed by atoms with Crippen molar-refractivity contribution < 1.29 is 17.9 Å². The molecule has 0 saturated heterocycles. The molecule has 1 amide bonds. The average molecular weight is 270 g/mol. The van der Waals surface area contributed by atoms with Gasteiger partial charge in [-0.05, 0) is 25.1 Å². The smallest absolute Gasteiger partial charge is 0.265 e. The van der Waals surface area contributed by atoms with Crippen LogP contribution in [0, 0.1) is 0 Å². The number of anilines is 1. The Hall–Kier alpha value is -1.60. The highest BCUT2D eigenvalue weighted by Crippen LogP contribution is 2.31. The van der Waals surface area contributed by atoms with Gasteiger partial charge in [-0.2, -0.15) is 0 Å². The maximum atomic E-state index is 11.8. The standard InChI is InChI=1S/C11H14N2O4S/c1-3-12-18(15,16)8-4-5-10-9(6-8)13-11(14)7(2)17-10/h4-7,12H,3H2,1-2H3,(H,13,14)/t7-/m1/s1. The van der Waals surface area contributed by atoms with Crippen molar-refractivity contribution in [2.24, 2.45) is 0 Å². The van der Waals surface area contributed by atoms with Gasteiger partial charge < -0.3 is 10.1 Å². The molecule has 1 aliphatic rings. The molecule has 0 unspecified atom stereocenters. The van der Waals surface area contributed by atoms with Crippen molar-refractivity contribution in [2.45, 2.75) is 24.8 Å². The highest BCUT2D eigenvalue weighted by Gasteiger charge is 2.25. The van der Waals surface area contributed by atoms with Crippen molar-refractivity contribution in [1.82, 2.24) is 4.72 Å². The summed E-state index contributed by atoms with van der Waals surface area (Å²) < 4.78 is 31.3. The predicted molar refractivity (Wildman–Crippen MR) is 66.0 cm³/mol. The molecule has 2 rings (SSSR count). The highest BCUT2D eigenvalue weighted by atomic mass is 32.2. The third kappa shape index (κ3) is 2.32. The van der Waals surface area contributed by atoms with Crippen molar-refractivity contribution in [1.29, 1.82) is 0 Å². The van der Waals surface area contributed by atoms with E-state index in [1.54, 1.807) is 13.8 Å². The minimum Gasteiger partial charge on any atom is -0.479 e. The Morgan fingerprint density at radius 3 is 2.83 bits per heavy atom. The van der Waals surface area contributed by atoms with E-state index in [1.165, 1.54) is 18.2 Å². The van der Waals surface area contributed by atoms with Gasteiger partial charge in [0.25, 0.3) is 5.91 Å². The lowest BCUT2D eigenvalue weighted by molar-refractivity contribution is -0.122. The van der Waals surface area contributed by atoms with Crippen molar-refractivity contribution in [3.05, 3.63) is 18.2 Å². The summed E-state index contributed by atoms with van der Waals surface area (Å²) in [5.41, 5.74) is 0.372. The Kier molecular flexibility index (Phi) is 3.27. The van der Waals surface area contributed by atoms with Crippen LogP contribution in [0.1, 0.15) is 13.8 Å². The molecule has 0 bridgehead atoms. The summed E-state index contributed by atoms with van der Waals surface area (Å²) >= 11 is 0. The first-order valence-electron chi connectivity index (χ1n) is 5.55. The summed E-state index contributed by atoms with van der Waals surface area (Å²) in [7, 11) is -3.53. The Morgan fingerprint density at radius 2 is 2.17 bits per heavy atom. The zero-order valence-electron chi connectivity index (χ0n) is 10.1. The van der Waals surface area contributed by atoms with Crippen LogP contribution in [0.4, 0.5) is 5.69 Å². The first-order chi connectivity index (χ1) is 8.44. The number of hydrogen-bond acceptors (Lipinski definition) is 4. The fraction of sp³-hybridized carbons (Fsp3) is 0.364. The van der Waals surface area contributed by atoms with Crippen molar-refractivity contribution in [2.75, 3.05) is 11.9 Å². The number of ether oxygens (including phenoxy) is 1. The van der Waals surface area contributed by atoms with Crippen LogP contribution in [0.3, 0.4) is 0 Å². The third-order valence-corrected chi connectivity index (χ3v) is 4.07. The van der Waals surface area contributed by atoms with Crippen LogP contribution >= 0.6 is 0 Å². The predicted octanol–water partition coefficient (Wildman–Crippen LogP) is 0.704. The quantitative estimate of drug-likeness (QED) is 0.847. The van der Waals surface area contributed by atoms with E-state index in [4.69, 9.17) is 4.74 Å². The molecule has 0 fully saturated rings.